The zero-order chi connectivity index (χ0) is 19.2. The molecule has 1 heterocycles. The smallest absolute Gasteiger partial charge is 0.308 e. The lowest BCUT2D eigenvalue weighted by Gasteiger charge is -2.21. The number of carboxylic acid groups (broad SMARTS) is 1. The summed E-state index contributed by atoms with van der Waals surface area (Å²) in [6.45, 7) is 0.813. The second kappa shape index (κ2) is 8.44. The molecule has 0 bridgehead atoms. The molecule has 1 aliphatic heterocycles. The quantitative estimate of drug-likeness (QED) is 0.774. The van der Waals surface area contributed by atoms with Crippen LogP contribution in [0.4, 0.5) is 0 Å². The molecule has 0 aromatic heterocycles. The first-order chi connectivity index (χ1) is 13.1. The van der Waals surface area contributed by atoms with Gasteiger partial charge in [-0.3, -0.25) is 9.59 Å². The normalized spacial score (nSPS) is 13.5. The summed E-state index contributed by atoms with van der Waals surface area (Å²) in [5.74, 6) is -0.784. The number of methoxy groups -OCH3 is 1. The van der Waals surface area contributed by atoms with Crippen molar-refractivity contribution < 1.29 is 28.9 Å². The maximum Gasteiger partial charge on any atom is 0.308 e. The molecule has 0 radical (unpaired) electrons. The fourth-order valence-electron chi connectivity index (χ4n) is 2.87. The number of carbonyl (C=O) groups excluding carboxylic acids is 1. The minimum absolute atomic E-state index is 0.0137. The van der Waals surface area contributed by atoms with Crippen LogP contribution >= 0.6 is 0 Å². The number of hydrogen-bond donors (Lipinski definition) is 2. The Morgan fingerprint density at radius 1 is 1.19 bits per heavy atom. The lowest BCUT2D eigenvalue weighted by Crippen LogP contribution is -2.34. The number of hydrogen-bond acceptors (Lipinski definition) is 5. The zero-order valence-corrected chi connectivity index (χ0v) is 14.9. The van der Waals surface area contributed by atoms with Crippen molar-refractivity contribution in [2.75, 3.05) is 26.9 Å². The number of carboxylic acids is 1. The molecule has 1 amide bonds. The number of fused-ring (bicyclic) bond motifs is 1. The van der Waals surface area contributed by atoms with Crippen LogP contribution in [0.2, 0.25) is 0 Å². The van der Waals surface area contributed by atoms with E-state index < -0.39 is 17.8 Å². The van der Waals surface area contributed by atoms with Crippen molar-refractivity contribution in [3.05, 3.63) is 53.6 Å². The van der Waals surface area contributed by atoms with Gasteiger partial charge in [0.05, 0.1) is 13.0 Å². The largest absolute Gasteiger partial charge is 0.493 e. The van der Waals surface area contributed by atoms with Crippen molar-refractivity contribution in [1.82, 2.24) is 5.32 Å². The minimum atomic E-state index is -0.959. The van der Waals surface area contributed by atoms with Gasteiger partial charge < -0.3 is 24.6 Å². The molecule has 1 unspecified atom stereocenters. The summed E-state index contributed by atoms with van der Waals surface area (Å²) in [4.78, 5) is 24.1. The molecule has 0 fully saturated rings. The van der Waals surface area contributed by atoms with Gasteiger partial charge >= 0.3 is 5.97 Å². The average Bonchev–Trinajstić information content (AvgIpc) is 2.70. The van der Waals surface area contributed by atoms with Crippen molar-refractivity contribution in [1.29, 1.82) is 0 Å². The van der Waals surface area contributed by atoms with Gasteiger partial charge in [-0.1, -0.05) is 30.3 Å². The van der Waals surface area contributed by atoms with Gasteiger partial charge in [-0.25, -0.2) is 0 Å². The van der Waals surface area contributed by atoms with Gasteiger partial charge in [0.2, 0.25) is 5.75 Å². The Balaban J connectivity index is 1.69. The van der Waals surface area contributed by atoms with E-state index >= 15 is 0 Å². The highest BCUT2D eigenvalue weighted by Crippen LogP contribution is 2.40. The van der Waals surface area contributed by atoms with Crippen LogP contribution in [-0.2, 0) is 11.2 Å². The van der Waals surface area contributed by atoms with Gasteiger partial charge in [-0.15, -0.1) is 0 Å². The Morgan fingerprint density at radius 3 is 2.63 bits per heavy atom. The summed E-state index contributed by atoms with van der Waals surface area (Å²) in [6.07, 6.45) is 0.334. The van der Waals surface area contributed by atoms with Crippen LogP contribution in [0.3, 0.4) is 0 Å². The third-order valence-electron chi connectivity index (χ3n) is 4.27. The molecule has 142 valence electrons. The molecule has 1 aliphatic rings. The van der Waals surface area contributed by atoms with Crippen LogP contribution in [0.15, 0.2) is 42.5 Å². The zero-order valence-electron chi connectivity index (χ0n) is 14.9. The number of carbonyl (C=O) groups is 2. The first kappa shape index (κ1) is 18.6. The van der Waals surface area contributed by atoms with Crippen LogP contribution in [0, 0.1) is 5.92 Å². The predicted octanol–water partition coefficient (Wildman–Crippen LogP) is 2.14. The second-order valence-electron chi connectivity index (χ2n) is 6.14. The van der Waals surface area contributed by atoms with E-state index in [4.69, 9.17) is 14.2 Å². The molecule has 27 heavy (non-hydrogen) atoms. The summed E-state index contributed by atoms with van der Waals surface area (Å²) in [5, 5.41) is 12.1. The number of aliphatic carboxylic acids is 1. The van der Waals surface area contributed by atoms with Crippen LogP contribution in [0.25, 0.3) is 0 Å². The monoisotopic (exact) mass is 371 g/mol. The average molecular weight is 371 g/mol. The molecular formula is C20H21NO6. The molecule has 0 aliphatic carbocycles. The molecule has 3 rings (SSSR count). The molecule has 7 nitrogen and oxygen atoms in total. The van der Waals surface area contributed by atoms with Gasteiger partial charge in [0, 0.05) is 12.1 Å². The van der Waals surface area contributed by atoms with Gasteiger partial charge in [-0.05, 0) is 24.1 Å². The van der Waals surface area contributed by atoms with Crippen LogP contribution < -0.4 is 19.5 Å². The predicted molar refractivity (Wildman–Crippen MR) is 97.6 cm³/mol. The van der Waals surface area contributed by atoms with E-state index in [1.165, 1.54) is 7.11 Å². The SMILES string of the molecule is COc1cc(C(=O)NCC(Cc2ccccc2)C(=O)O)cc2c1OCCO2. The molecule has 0 saturated carbocycles. The molecular weight excluding hydrogens is 350 g/mol. The minimum Gasteiger partial charge on any atom is -0.493 e. The fourth-order valence-corrected chi connectivity index (χ4v) is 2.87. The molecule has 2 N–H and O–H groups in total. The second-order valence-corrected chi connectivity index (χ2v) is 6.14. The number of ether oxygens (including phenoxy) is 3. The van der Waals surface area contributed by atoms with Crippen molar-refractivity contribution in [2.24, 2.45) is 5.92 Å². The highest BCUT2D eigenvalue weighted by Gasteiger charge is 2.23. The van der Waals surface area contributed by atoms with Gasteiger partial charge in [-0.2, -0.15) is 0 Å². The molecule has 2 aromatic rings. The van der Waals surface area contributed by atoms with Crippen LogP contribution in [0.1, 0.15) is 15.9 Å². The topological polar surface area (TPSA) is 94.1 Å². The van der Waals surface area contributed by atoms with Gasteiger partial charge in [0.25, 0.3) is 5.91 Å². The lowest BCUT2D eigenvalue weighted by atomic mass is 9.99. The molecule has 2 aromatic carbocycles. The van der Waals surface area contributed by atoms with Crippen molar-refractivity contribution in [3.63, 3.8) is 0 Å². The Bertz CT molecular complexity index is 803. The summed E-state index contributed by atoms with van der Waals surface area (Å²) >= 11 is 0. The highest BCUT2D eigenvalue weighted by molar-refractivity contribution is 5.95. The Hall–Kier alpha value is -3.22. The van der Waals surface area contributed by atoms with Crippen LogP contribution in [-0.4, -0.2) is 43.9 Å². The number of nitrogens with one attached hydrogen (secondary N) is 1. The van der Waals surface area contributed by atoms with Crippen molar-refractivity contribution in [3.8, 4) is 17.2 Å². The van der Waals surface area contributed by atoms with E-state index in [9.17, 15) is 14.7 Å². The van der Waals surface area contributed by atoms with E-state index in [-0.39, 0.29) is 6.54 Å². The van der Waals surface area contributed by atoms with E-state index in [2.05, 4.69) is 5.32 Å². The summed E-state index contributed by atoms with van der Waals surface area (Å²) in [6, 6.07) is 12.4. The first-order valence-corrected chi connectivity index (χ1v) is 8.61. The maximum absolute atomic E-state index is 12.5. The van der Waals surface area contributed by atoms with Crippen molar-refractivity contribution in [2.45, 2.75) is 6.42 Å². The van der Waals surface area contributed by atoms with Gasteiger partial charge in [0.1, 0.15) is 13.2 Å². The fraction of sp³-hybridized carbons (Fsp3) is 0.300. The van der Waals surface area contributed by atoms with Crippen LogP contribution in [0.5, 0.6) is 17.2 Å². The third-order valence-corrected chi connectivity index (χ3v) is 4.27. The molecule has 1 atom stereocenters. The summed E-state index contributed by atoms with van der Waals surface area (Å²) in [5.41, 5.74) is 1.22. The number of benzene rings is 2. The van der Waals surface area contributed by atoms with Gasteiger partial charge in [0.15, 0.2) is 11.5 Å². The first-order valence-electron chi connectivity index (χ1n) is 8.61. The highest BCUT2D eigenvalue weighted by atomic mass is 16.6. The van der Waals surface area contributed by atoms with E-state index in [0.717, 1.165) is 5.56 Å². The third kappa shape index (κ3) is 4.49. The van der Waals surface area contributed by atoms with E-state index in [0.29, 0.717) is 42.4 Å². The van der Waals surface area contributed by atoms with Crippen molar-refractivity contribution >= 4 is 11.9 Å². The summed E-state index contributed by atoms with van der Waals surface area (Å²) < 4.78 is 16.3. The number of rotatable bonds is 7. The Labute approximate surface area is 156 Å². The summed E-state index contributed by atoms with van der Waals surface area (Å²) in [7, 11) is 1.48. The Kier molecular flexibility index (Phi) is 5.80. The van der Waals surface area contributed by atoms with E-state index in [1.807, 2.05) is 30.3 Å². The molecule has 7 heteroatoms. The molecule has 0 saturated heterocycles. The lowest BCUT2D eigenvalue weighted by molar-refractivity contribution is -0.141. The molecule has 0 spiro atoms. The standard InChI is InChI=1S/C20H21NO6/c1-25-16-10-14(11-17-18(16)27-8-7-26-17)19(22)21-12-15(20(23)24)9-13-5-3-2-4-6-13/h2-6,10-11,15H,7-9,12H2,1H3,(H,21,22)(H,23,24). The number of amides is 1. The maximum atomic E-state index is 12.5. The van der Waals surface area contributed by atoms with E-state index in [1.54, 1.807) is 12.1 Å². The Morgan fingerprint density at radius 2 is 1.93 bits per heavy atom.